The highest BCUT2D eigenvalue weighted by atomic mass is 127. The highest BCUT2D eigenvalue weighted by Crippen LogP contribution is 2.20. The molecule has 0 saturated carbocycles. The van der Waals surface area contributed by atoms with Gasteiger partial charge in [-0.15, -0.1) is 0 Å². The number of halogens is 1. The summed E-state index contributed by atoms with van der Waals surface area (Å²) in [7, 11) is 0. The number of rotatable bonds is 4. The molecule has 5 heteroatoms. The smallest absolute Gasteiger partial charge is 0.264 e. The van der Waals surface area contributed by atoms with E-state index in [9.17, 15) is 4.79 Å². The van der Waals surface area contributed by atoms with Gasteiger partial charge in [-0.1, -0.05) is 20.8 Å². The van der Waals surface area contributed by atoms with Crippen molar-refractivity contribution in [3.8, 4) is 11.6 Å². The van der Waals surface area contributed by atoms with E-state index < -0.39 is 0 Å². The van der Waals surface area contributed by atoms with Crippen molar-refractivity contribution in [2.24, 2.45) is 5.92 Å². The summed E-state index contributed by atoms with van der Waals surface area (Å²) in [5.41, 5.74) is 0.736. The van der Waals surface area contributed by atoms with E-state index in [0.717, 1.165) is 24.3 Å². The third-order valence-corrected chi connectivity index (χ3v) is 3.89. The molecule has 0 aromatic carbocycles. The minimum atomic E-state index is -0.101. The SMILES string of the molecule is CCc1ccc(-c2nc(CC(C)C)c(I)c(=O)[nH]2)o1. The van der Waals surface area contributed by atoms with Crippen LogP contribution in [0.4, 0.5) is 0 Å². The Morgan fingerprint density at radius 3 is 2.74 bits per heavy atom. The van der Waals surface area contributed by atoms with Crippen molar-refractivity contribution in [2.45, 2.75) is 33.6 Å². The first-order chi connectivity index (χ1) is 9.01. The molecule has 0 spiro atoms. The van der Waals surface area contributed by atoms with Gasteiger partial charge in [0, 0.05) is 6.42 Å². The van der Waals surface area contributed by atoms with Gasteiger partial charge in [0.25, 0.3) is 5.56 Å². The lowest BCUT2D eigenvalue weighted by Crippen LogP contribution is -2.17. The van der Waals surface area contributed by atoms with Crippen molar-refractivity contribution in [3.05, 3.63) is 37.5 Å². The van der Waals surface area contributed by atoms with Crippen LogP contribution < -0.4 is 5.56 Å². The number of aromatic nitrogens is 2. The number of nitrogens with zero attached hydrogens (tertiary/aromatic N) is 1. The average Bonchev–Trinajstić information content (AvgIpc) is 2.82. The van der Waals surface area contributed by atoms with Crippen LogP contribution in [-0.4, -0.2) is 9.97 Å². The first-order valence-corrected chi connectivity index (χ1v) is 7.47. The highest BCUT2D eigenvalue weighted by Gasteiger charge is 2.13. The molecule has 0 unspecified atom stereocenters. The zero-order chi connectivity index (χ0) is 14.0. The molecule has 0 amide bonds. The molecule has 2 heterocycles. The molecule has 2 rings (SSSR count). The van der Waals surface area contributed by atoms with Crippen LogP contribution in [0, 0.1) is 9.49 Å². The van der Waals surface area contributed by atoms with Crippen LogP contribution in [0.25, 0.3) is 11.6 Å². The van der Waals surface area contributed by atoms with Crippen LogP contribution in [0.2, 0.25) is 0 Å². The summed E-state index contributed by atoms with van der Waals surface area (Å²) in [4.78, 5) is 19.3. The fourth-order valence-electron chi connectivity index (χ4n) is 1.84. The predicted molar refractivity (Wildman–Crippen MR) is 83.2 cm³/mol. The maximum Gasteiger partial charge on any atom is 0.264 e. The molecule has 0 aliphatic carbocycles. The Balaban J connectivity index is 2.46. The van der Waals surface area contributed by atoms with Crippen molar-refractivity contribution in [3.63, 3.8) is 0 Å². The van der Waals surface area contributed by atoms with E-state index >= 15 is 0 Å². The first-order valence-electron chi connectivity index (χ1n) is 6.39. The zero-order valence-corrected chi connectivity index (χ0v) is 13.4. The minimum Gasteiger partial charge on any atom is -0.458 e. The van der Waals surface area contributed by atoms with Crippen LogP contribution in [-0.2, 0) is 12.8 Å². The van der Waals surface area contributed by atoms with Gasteiger partial charge in [0.05, 0.1) is 9.26 Å². The summed E-state index contributed by atoms with van der Waals surface area (Å²) in [6.45, 7) is 6.25. The largest absolute Gasteiger partial charge is 0.458 e. The maximum absolute atomic E-state index is 11.9. The number of hydrogen-bond donors (Lipinski definition) is 1. The predicted octanol–water partition coefficient (Wildman–Crippen LogP) is 3.40. The fraction of sp³-hybridized carbons (Fsp3) is 0.429. The van der Waals surface area contributed by atoms with Crippen LogP contribution in [0.15, 0.2) is 21.3 Å². The lowest BCUT2D eigenvalue weighted by atomic mass is 10.1. The molecule has 102 valence electrons. The summed E-state index contributed by atoms with van der Waals surface area (Å²) in [5, 5.41) is 0. The standard InChI is InChI=1S/C14H17IN2O2/c1-4-9-5-6-11(19-9)13-16-10(7-8(2)3)12(15)14(18)17-13/h5-6,8H,4,7H2,1-3H3,(H,16,17,18). The van der Waals surface area contributed by atoms with E-state index in [1.54, 1.807) is 0 Å². The fourth-order valence-corrected chi connectivity index (χ4v) is 2.31. The molecule has 4 nitrogen and oxygen atoms in total. The Kier molecular flexibility index (Phi) is 4.44. The van der Waals surface area contributed by atoms with Crippen molar-refractivity contribution in [1.82, 2.24) is 9.97 Å². The topological polar surface area (TPSA) is 58.9 Å². The van der Waals surface area contributed by atoms with Crippen LogP contribution in [0.1, 0.15) is 32.2 Å². The Labute approximate surface area is 125 Å². The summed E-state index contributed by atoms with van der Waals surface area (Å²) < 4.78 is 6.30. The Bertz CT molecular complexity index is 629. The van der Waals surface area contributed by atoms with Gasteiger partial charge in [-0.2, -0.15) is 0 Å². The number of furan rings is 1. The molecule has 2 aromatic rings. The number of hydrogen-bond acceptors (Lipinski definition) is 3. The maximum atomic E-state index is 11.9. The molecule has 0 radical (unpaired) electrons. The normalized spacial score (nSPS) is 11.2. The molecule has 0 saturated heterocycles. The Morgan fingerprint density at radius 1 is 1.42 bits per heavy atom. The molecule has 19 heavy (non-hydrogen) atoms. The van der Waals surface area contributed by atoms with Gasteiger partial charge in [-0.25, -0.2) is 4.98 Å². The summed E-state index contributed by atoms with van der Waals surface area (Å²) in [6, 6.07) is 3.76. The lowest BCUT2D eigenvalue weighted by molar-refractivity contribution is 0.524. The Hall–Kier alpha value is -1.11. The van der Waals surface area contributed by atoms with Crippen molar-refractivity contribution in [2.75, 3.05) is 0 Å². The van der Waals surface area contributed by atoms with Gasteiger partial charge in [0.2, 0.25) is 0 Å². The third-order valence-electron chi connectivity index (χ3n) is 2.78. The number of aromatic amines is 1. The summed E-state index contributed by atoms with van der Waals surface area (Å²) >= 11 is 2.05. The Morgan fingerprint density at radius 2 is 2.16 bits per heavy atom. The van der Waals surface area contributed by atoms with Crippen LogP contribution in [0.3, 0.4) is 0 Å². The molecular formula is C14H17IN2O2. The summed E-state index contributed by atoms with van der Waals surface area (Å²) in [6.07, 6.45) is 1.62. The van der Waals surface area contributed by atoms with Crippen molar-refractivity contribution < 1.29 is 4.42 Å². The van der Waals surface area contributed by atoms with E-state index in [-0.39, 0.29) is 5.56 Å². The second kappa shape index (κ2) is 5.90. The van der Waals surface area contributed by atoms with Gasteiger partial charge in [0.15, 0.2) is 11.6 Å². The van der Waals surface area contributed by atoms with E-state index in [4.69, 9.17) is 4.42 Å². The molecular weight excluding hydrogens is 355 g/mol. The second-order valence-corrected chi connectivity index (χ2v) is 5.97. The third kappa shape index (κ3) is 3.26. The number of H-pyrrole nitrogens is 1. The second-order valence-electron chi connectivity index (χ2n) is 4.89. The minimum absolute atomic E-state index is 0.101. The van der Waals surface area contributed by atoms with Gasteiger partial charge in [-0.05, 0) is 47.1 Å². The van der Waals surface area contributed by atoms with Gasteiger partial charge >= 0.3 is 0 Å². The van der Waals surface area contributed by atoms with Crippen LogP contribution in [0.5, 0.6) is 0 Å². The van der Waals surface area contributed by atoms with Gasteiger partial charge < -0.3 is 9.40 Å². The lowest BCUT2D eigenvalue weighted by Gasteiger charge is -2.07. The van der Waals surface area contributed by atoms with E-state index in [2.05, 4.69) is 46.4 Å². The first kappa shape index (κ1) is 14.3. The monoisotopic (exact) mass is 372 g/mol. The zero-order valence-electron chi connectivity index (χ0n) is 11.3. The molecule has 0 fully saturated rings. The molecule has 0 bridgehead atoms. The van der Waals surface area contributed by atoms with Gasteiger partial charge in [-0.3, -0.25) is 4.79 Å². The quantitative estimate of drug-likeness (QED) is 0.837. The van der Waals surface area contributed by atoms with Crippen molar-refractivity contribution >= 4 is 22.6 Å². The van der Waals surface area contributed by atoms with Gasteiger partial charge in [0.1, 0.15) is 5.76 Å². The molecule has 0 aliphatic rings. The molecule has 2 aromatic heterocycles. The van der Waals surface area contributed by atoms with Crippen molar-refractivity contribution in [1.29, 1.82) is 0 Å². The number of nitrogens with one attached hydrogen (secondary N) is 1. The van der Waals surface area contributed by atoms with E-state index in [1.165, 1.54) is 0 Å². The van der Waals surface area contributed by atoms with E-state index in [0.29, 0.717) is 21.1 Å². The average molecular weight is 372 g/mol. The van der Waals surface area contributed by atoms with E-state index in [1.807, 2.05) is 19.1 Å². The molecule has 0 atom stereocenters. The molecule has 0 aliphatic heterocycles. The number of aryl methyl sites for hydroxylation is 1. The summed E-state index contributed by atoms with van der Waals surface area (Å²) in [5.74, 6) is 2.48. The van der Waals surface area contributed by atoms with Crippen LogP contribution >= 0.6 is 22.6 Å². The highest BCUT2D eigenvalue weighted by molar-refractivity contribution is 14.1. The molecule has 1 N–H and O–H groups in total.